The highest BCUT2D eigenvalue weighted by Crippen LogP contribution is 2.18. The molecule has 6 heteroatoms. The number of carbonyl (C=O) groups excluding carboxylic acids is 2. The number of carbonyl (C=O) groups is 2. The van der Waals surface area contributed by atoms with Crippen molar-refractivity contribution in [2.24, 2.45) is 5.73 Å². The van der Waals surface area contributed by atoms with Crippen LogP contribution in [-0.4, -0.2) is 53.5 Å². The smallest absolute Gasteiger partial charge is 0.329 e. The molecule has 1 unspecified atom stereocenters. The zero-order valence-electron chi connectivity index (χ0n) is 9.64. The van der Waals surface area contributed by atoms with Gasteiger partial charge < -0.3 is 15.4 Å². The molecule has 1 heterocycles. The molecule has 0 aromatic rings. The molecule has 0 radical (unpaired) electrons. The first-order valence-electron chi connectivity index (χ1n) is 5.38. The number of nitrogens with zero attached hydrogens (tertiary/aromatic N) is 1. The molecular formula is C10H18N2O3S. The van der Waals surface area contributed by atoms with Gasteiger partial charge in [0.15, 0.2) is 0 Å². The maximum Gasteiger partial charge on any atom is 0.329 e. The van der Waals surface area contributed by atoms with E-state index in [1.54, 1.807) is 30.5 Å². The Bertz CT molecular complexity index is 271. The predicted octanol–water partition coefficient (Wildman–Crippen LogP) is -0.159. The normalized spacial score (nSPS) is 22.7. The average Bonchev–Trinajstić information content (AvgIpc) is 2.28. The maximum absolute atomic E-state index is 11.8. The Hall–Kier alpha value is -0.750. The van der Waals surface area contributed by atoms with Crippen LogP contribution in [-0.2, 0) is 14.3 Å². The van der Waals surface area contributed by atoms with Crippen LogP contribution in [0.25, 0.3) is 0 Å². The number of hydrogen-bond donors (Lipinski definition) is 1. The monoisotopic (exact) mass is 246 g/mol. The summed E-state index contributed by atoms with van der Waals surface area (Å²) in [7, 11) is 0. The molecule has 1 amide bonds. The molecule has 1 rings (SSSR count). The van der Waals surface area contributed by atoms with Crippen molar-refractivity contribution in [3.8, 4) is 0 Å². The Labute approximate surface area is 99.7 Å². The van der Waals surface area contributed by atoms with Gasteiger partial charge in [0.2, 0.25) is 5.91 Å². The zero-order valence-corrected chi connectivity index (χ0v) is 10.5. The van der Waals surface area contributed by atoms with Crippen molar-refractivity contribution in [1.29, 1.82) is 0 Å². The summed E-state index contributed by atoms with van der Waals surface area (Å²) in [5.41, 5.74) is 5.55. The van der Waals surface area contributed by atoms with Gasteiger partial charge in [0, 0.05) is 18.1 Å². The van der Waals surface area contributed by atoms with Crippen molar-refractivity contribution in [2.45, 2.75) is 25.9 Å². The van der Waals surface area contributed by atoms with Crippen LogP contribution in [0.4, 0.5) is 0 Å². The summed E-state index contributed by atoms with van der Waals surface area (Å²) in [5.74, 6) is 0.924. The van der Waals surface area contributed by atoms with Crippen molar-refractivity contribution in [3.63, 3.8) is 0 Å². The number of nitrogens with two attached hydrogens (primary N) is 1. The molecule has 92 valence electrons. The summed E-state index contributed by atoms with van der Waals surface area (Å²) in [6, 6.07) is -1.04. The van der Waals surface area contributed by atoms with Crippen molar-refractivity contribution in [1.82, 2.24) is 4.90 Å². The summed E-state index contributed by atoms with van der Waals surface area (Å²) < 4.78 is 4.95. The molecule has 0 bridgehead atoms. The lowest BCUT2D eigenvalue weighted by Gasteiger charge is -2.34. The molecule has 16 heavy (non-hydrogen) atoms. The van der Waals surface area contributed by atoms with Gasteiger partial charge in [-0.2, -0.15) is 11.8 Å². The lowest BCUT2D eigenvalue weighted by Crippen LogP contribution is -2.55. The standard InChI is InChI=1S/C10H18N2O3S/c1-3-15-10(14)8-6-16-5-4-12(8)9(13)7(2)11/h7-8H,3-6,11H2,1-2H3/t7-,8?/m0/s1. The Morgan fingerprint density at radius 3 is 2.88 bits per heavy atom. The SMILES string of the molecule is CCOC(=O)C1CSCCN1C(=O)[C@H](C)N. The fourth-order valence-electron chi connectivity index (χ4n) is 1.56. The fraction of sp³-hybridized carbons (Fsp3) is 0.800. The van der Waals surface area contributed by atoms with E-state index >= 15 is 0 Å². The minimum absolute atomic E-state index is 0.182. The van der Waals surface area contributed by atoms with Crippen molar-refractivity contribution < 1.29 is 14.3 Å². The van der Waals surface area contributed by atoms with Gasteiger partial charge in [0.25, 0.3) is 0 Å². The Morgan fingerprint density at radius 2 is 2.31 bits per heavy atom. The second-order valence-corrected chi connectivity index (χ2v) is 4.81. The largest absolute Gasteiger partial charge is 0.464 e. The zero-order chi connectivity index (χ0) is 12.1. The van der Waals surface area contributed by atoms with Gasteiger partial charge >= 0.3 is 5.97 Å². The van der Waals surface area contributed by atoms with Crippen LogP contribution < -0.4 is 5.73 Å². The minimum Gasteiger partial charge on any atom is -0.464 e. The Morgan fingerprint density at radius 1 is 1.62 bits per heavy atom. The minimum atomic E-state index is -0.569. The van der Waals surface area contributed by atoms with Gasteiger partial charge in [0.05, 0.1) is 12.6 Å². The lowest BCUT2D eigenvalue weighted by atomic mass is 10.2. The van der Waals surface area contributed by atoms with Crippen LogP contribution in [0, 0.1) is 0 Å². The molecule has 2 atom stereocenters. The summed E-state index contributed by atoms with van der Waals surface area (Å²) in [5, 5.41) is 0. The van der Waals surface area contributed by atoms with E-state index in [9.17, 15) is 9.59 Å². The summed E-state index contributed by atoms with van der Waals surface area (Å²) in [6.45, 7) is 4.28. The molecule has 1 saturated heterocycles. The predicted molar refractivity (Wildman–Crippen MR) is 63.1 cm³/mol. The van der Waals surface area contributed by atoms with E-state index in [0.29, 0.717) is 18.9 Å². The third kappa shape index (κ3) is 3.12. The van der Waals surface area contributed by atoms with Crippen molar-refractivity contribution in [2.75, 3.05) is 24.7 Å². The fourth-order valence-corrected chi connectivity index (χ4v) is 2.59. The number of thioether (sulfide) groups is 1. The number of amides is 1. The molecule has 1 fully saturated rings. The number of ether oxygens (including phenoxy) is 1. The molecule has 5 nitrogen and oxygen atoms in total. The Balaban J connectivity index is 2.71. The van der Waals surface area contributed by atoms with E-state index in [1.807, 2.05) is 0 Å². The van der Waals surface area contributed by atoms with Gasteiger partial charge in [-0.1, -0.05) is 0 Å². The van der Waals surface area contributed by atoms with Crippen LogP contribution in [0.15, 0.2) is 0 Å². The molecule has 0 aromatic heterocycles. The van der Waals surface area contributed by atoms with Gasteiger partial charge in [-0.3, -0.25) is 4.79 Å². The molecule has 2 N–H and O–H groups in total. The van der Waals surface area contributed by atoms with E-state index in [1.165, 1.54) is 0 Å². The summed E-state index contributed by atoms with van der Waals surface area (Å²) in [4.78, 5) is 25.0. The van der Waals surface area contributed by atoms with Crippen molar-refractivity contribution >= 4 is 23.6 Å². The van der Waals surface area contributed by atoms with Crippen LogP contribution in [0.2, 0.25) is 0 Å². The van der Waals surface area contributed by atoms with Crippen LogP contribution >= 0.6 is 11.8 Å². The number of rotatable bonds is 3. The lowest BCUT2D eigenvalue weighted by molar-refractivity contribution is -0.154. The highest BCUT2D eigenvalue weighted by atomic mass is 32.2. The molecular weight excluding hydrogens is 228 g/mol. The van der Waals surface area contributed by atoms with E-state index in [2.05, 4.69) is 0 Å². The highest BCUT2D eigenvalue weighted by Gasteiger charge is 2.34. The first-order valence-corrected chi connectivity index (χ1v) is 6.53. The van der Waals surface area contributed by atoms with Crippen LogP contribution in [0.1, 0.15) is 13.8 Å². The van der Waals surface area contributed by atoms with Gasteiger partial charge in [-0.05, 0) is 13.8 Å². The summed E-state index contributed by atoms with van der Waals surface area (Å²) in [6.07, 6.45) is 0. The van der Waals surface area contributed by atoms with Crippen LogP contribution in [0.3, 0.4) is 0 Å². The van der Waals surface area contributed by atoms with E-state index < -0.39 is 12.1 Å². The number of esters is 1. The third-order valence-corrected chi connectivity index (χ3v) is 3.38. The topological polar surface area (TPSA) is 72.6 Å². The van der Waals surface area contributed by atoms with Gasteiger partial charge in [-0.25, -0.2) is 4.79 Å². The second-order valence-electron chi connectivity index (χ2n) is 3.66. The molecule has 0 spiro atoms. The average molecular weight is 246 g/mol. The van der Waals surface area contributed by atoms with Crippen LogP contribution in [0.5, 0.6) is 0 Å². The van der Waals surface area contributed by atoms with E-state index in [4.69, 9.17) is 10.5 Å². The number of hydrogen-bond acceptors (Lipinski definition) is 5. The van der Waals surface area contributed by atoms with Gasteiger partial charge in [0.1, 0.15) is 6.04 Å². The first-order chi connectivity index (χ1) is 7.57. The third-order valence-electron chi connectivity index (χ3n) is 2.36. The van der Waals surface area contributed by atoms with E-state index in [0.717, 1.165) is 5.75 Å². The summed E-state index contributed by atoms with van der Waals surface area (Å²) >= 11 is 1.65. The van der Waals surface area contributed by atoms with Crippen molar-refractivity contribution in [3.05, 3.63) is 0 Å². The molecule has 1 aliphatic heterocycles. The quantitative estimate of drug-likeness (QED) is 0.701. The molecule has 0 aliphatic carbocycles. The van der Waals surface area contributed by atoms with E-state index in [-0.39, 0.29) is 11.9 Å². The molecule has 1 aliphatic rings. The first kappa shape index (κ1) is 13.3. The molecule has 0 saturated carbocycles. The molecule has 0 aromatic carbocycles. The highest BCUT2D eigenvalue weighted by molar-refractivity contribution is 7.99. The van der Waals surface area contributed by atoms with Gasteiger partial charge in [-0.15, -0.1) is 0 Å². The second kappa shape index (κ2) is 6.10. The maximum atomic E-state index is 11.8. The Kier molecular flexibility index (Phi) is 5.08.